The van der Waals surface area contributed by atoms with E-state index in [2.05, 4.69) is 10.6 Å². The van der Waals surface area contributed by atoms with Gasteiger partial charge in [0.05, 0.1) is 0 Å². The van der Waals surface area contributed by atoms with Gasteiger partial charge in [-0.3, -0.25) is 14.4 Å². The maximum Gasteiger partial charge on any atom is 0.407 e. The number of carbonyl (C=O) groups excluding carboxylic acids is 4. The molecule has 0 spiro atoms. The van der Waals surface area contributed by atoms with Gasteiger partial charge >= 0.3 is 6.09 Å². The molecule has 0 aliphatic heterocycles. The van der Waals surface area contributed by atoms with E-state index in [4.69, 9.17) is 16.3 Å². The highest BCUT2D eigenvalue weighted by atomic mass is 35.5. The number of hydrogen-bond donors (Lipinski definition) is 2. The molecule has 4 amide bonds. The molecule has 0 saturated carbocycles. The van der Waals surface area contributed by atoms with Crippen molar-refractivity contribution in [2.24, 2.45) is 0 Å². The van der Waals surface area contributed by atoms with Crippen LogP contribution < -0.4 is 10.6 Å². The molecule has 0 saturated heterocycles. The van der Waals surface area contributed by atoms with Gasteiger partial charge in [-0.05, 0) is 42.7 Å². The molecule has 0 aliphatic carbocycles. The highest BCUT2D eigenvalue weighted by Crippen LogP contribution is 2.21. The Morgan fingerprint density at radius 1 is 0.860 bits per heavy atom. The third kappa shape index (κ3) is 9.71. The molecule has 2 N–H and O–H groups in total. The minimum Gasteiger partial charge on any atom is -0.444 e. The third-order valence-electron chi connectivity index (χ3n) is 7.00. The Bertz CT molecular complexity index is 1410. The normalized spacial score (nSPS) is 12.6. The summed E-state index contributed by atoms with van der Waals surface area (Å²) in [7, 11) is 3.09. The summed E-state index contributed by atoms with van der Waals surface area (Å²) < 4.78 is 5.32. The Morgan fingerprint density at radius 2 is 1.49 bits per heavy atom. The second-order valence-electron chi connectivity index (χ2n) is 11.3. The van der Waals surface area contributed by atoms with Crippen molar-refractivity contribution in [2.45, 2.75) is 51.3 Å². The molecule has 0 unspecified atom stereocenters. The number of hydrogen-bond acceptors (Lipinski definition) is 5. The van der Waals surface area contributed by atoms with E-state index in [1.165, 1.54) is 16.8 Å². The minimum atomic E-state index is -0.999. The number of alkyl halides is 1. The number of carbonyl (C=O) groups is 4. The van der Waals surface area contributed by atoms with Crippen molar-refractivity contribution in [3.8, 4) is 0 Å². The summed E-state index contributed by atoms with van der Waals surface area (Å²) in [5.74, 6) is -1.58. The highest BCUT2D eigenvalue weighted by molar-refractivity contribution is 6.27. The summed E-state index contributed by atoms with van der Waals surface area (Å²) in [4.78, 5) is 55.7. The molecule has 3 aromatic rings. The van der Waals surface area contributed by atoms with Gasteiger partial charge < -0.3 is 25.2 Å². The second-order valence-corrected chi connectivity index (χ2v) is 11.6. The smallest absolute Gasteiger partial charge is 0.407 e. The lowest BCUT2D eigenvalue weighted by Gasteiger charge is -2.36. The molecule has 0 radical (unpaired) electrons. The number of halogens is 1. The van der Waals surface area contributed by atoms with Crippen LogP contribution in [0.4, 0.5) is 4.79 Å². The predicted molar refractivity (Wildman–Crippen MR) is 169 cm³/mol. The summed E-state index contributed by atoms with van der Waals surface area (Å²) in [6, 6.07) is 21.3. The Balaban J connectivity index is 1.96. The summed E-state index contributed by atoms with van der Waals surface area (Å²) in [6.07, 6.45) is -0.174. The SMILES string of the molecule is CNC(=O)[C@@H](Cc1ccccc1)N(C)C(=O)[C@@H](Cc1ccc2ccccc2c1)N(CCNC(=O)OC(C)(C)C)C(=O)CCl. The minimum absolute atomic E-state index is 0.00590. The molecule has 0 bridgehead atoms. The maximum absolute atomic E-state index is 14.3. The molecule has 10 heteroatoms. The molecule has 230 valence electrons. The zero-order chi connectivity index (χ0) is 31.6. The average Bonchev–Trinajstić information content (AvgIpc) is 2.99. The largest absolute Gasteiger partial charge is 0.444 e. The van der Waals surface area contributed by atoms with Crippen molar-refractivity contribution in [2.75, 3.05) is 33.1 Å². The van der Waals surface area contributed by atoms with E-state index >= 15 is 0 Å². The van der Waals surface area contributed by atoms with Gasteiger partial charge in [0.25, 0.3) is 0 Å². The molecule has 0 aliphatic rings. The molecular formula is C33H41ClN4O5. The first-order chi connectivity index (χ1) is 20.4. The molecule has 3 aromatic carbocycles. The van der Waals surface area contributed by atoms with Gasteiger partial charge in [-0.1, -0.05) is 72.8 Å². The van der Waals surface area contributed by atoms with Crippen LogP contribution in [0.2, 0.25) is 0 Å². The standard InChI is InChI=1S/C33H41ClN4O5/c1-33(2,3)43-32(42)36-17-18-38(29(39)22-34)28(21-24-15-16-25-13-9-10-14-26(25)19-24)31(41)37(5)27(30(40)35-4)20-23-11-7-6-8-12-23/h6-16,19,27-28H,17-18,20-22H2,1-5H3,(H,35,40)(H,36,42)/t27-,28-/m1/s1. The van der Waals surface area contributed by atoms with E-state index in [0.717, 1.165) is 21.9 Å². The first-order valence-electron chi connectivity index (χ1n) is 14.3. The molecule has 2 atom stereocenters. The highest BCUT2D eigenvalue weighted by Gasteiger charge is 2.36. The van der Waals surface area contributed by atoms with E-state index in [1.54, 1.807) is 27.8 Å². The fraction of sp³-hybridized carbons (Fsp3) is 0.394. The van der Waals surface area contributed by atoms with E-state index in [0.29, 0.717) is 0 Å². The van der Waals surface area contributed by atoms with Crippen molar-refractivity contribution in [1.82, 2.24) is 20.4 Å². The summed E-state index contributed by atoms with van der Waals surface area (Å²) in [5, 5.41) is 7.36. The number of alkyl carbamates (subject to hydrolysis) is 1. The Hall–Kier alpha value is -4.11. The van der Waals surface area contributed by atoms with Gasteiger partial charge in [0, 0.05) is 40.0 Å². The van der Waals surface area contributed by atoms with Crippen molar-refractivity contribution in [1.29, 1.82) is 0 Å². The van der Waals surface area contributed by atoms with Crippen LogP contribution in [0.5, 0.6) is 0 Å². The molecule has 0 aromatic heterocycles. The van der Waals surface area contributed by atoms with Crippen molar-refractivity contribution in [3.05, 3.63) is 83.9 Å². The summed E-state index contributed by atoms with van der Waals surface area (Å²) >= 11 is 6.04. The van der Waals surface area contributed by atoms with Crippen LogP contribution in [0.15, 0.2) is 72.8 Å². The monoisotopic (exact) mass is 608 g/mol. The summed E-state index contributed by atoms with van der Waals surface area (Å²) in [5.41, 5.74) is 1.02. The molecule has 0 fully saturated rings. The van der Waals surface area contributed by atoms with Crippen LogP contribution in [0.1, 0.15) is 31.9 Å². The number of fused-ring (bicyclic) bond motifs is 1. The van der Waals surface area contributed by atoms with E-state index < -0.39 is 35.6 Å². The van der Waals surface area contributed by atoms with Crippen LogP contribution in [0.3, 0.4) is 0 Å². The summed E-state index contributed by atoms with van der Waals surface area (Å²) in [6.45, 7) is 5.30. The zero-order valence-corrected chi connectivity index (χ0v) is 26.2. The zero-order valence-electron chi connectivity index (χ0n) is 25.4. The van der Waals surface area contributed by atoms with Crippen molar-refractivity contribution in [3.63, 3.8) is 0 Å². The van der Waals surface area contributed by atoms with E-state index in [9.17, 15) is 19.2 Å². The number of rotatable bonds is 12. The van der Waals surface area contributed by atoms with Gasteiger partial charge in [-0.2, -0.15) is 0 Å². The lowest BCUT2D eigenvalue weighted by atomic mass is 9.98. The molecule has 3 rings (SSSR count). The van der Waals surface area contributed by atoms with Crippen LogP contribution in [-0.4, -0.2) is 84.4 Å². The van der Waals surface area contributed by atoms with Crippen LogP contribution in [-0.2, 0) is 32.0 Å². The number of likely N-dealkylation sites (N-methyl/N-ethyl adjacent to an activating group) is 2. The molecule has 0 heterocycles. The number of benzene rings is 3. The van der Waals surface area contributed by atoms with Crippen LogP contribution in [0, 0.1) is 0 Å². The lowest BCUT2D eigenvalue weighted by molar-refractivity contribution is -0.147. The number of nitrogens with one attached hydrogen (secondary N) is 2. The Morgan fingerprint density at radius 3 is 2.12 bits per heavy atom. The molecule has 9 nitrogen and oxygen atoms in total. The maximum atomic E-state index is 14.3. The molecule has 43 heavy (non-hydrogen) atoms. The van der Waals surface area contributed by atoms with E-state index in [-0.39, 0.29) is 37.7 Å². The average molecular weight is 609 g/mol. The van der Waals surface area contributed by atoms with Crippen LogP contribution >= 0.6 is 11.6 Å². The predicted octanol–water partition coefficient (Wildman–Crippen LogP) is 4.16. The first-order valence-corrected chi connectivity index (χ1v) is 14.8. The molecular weight excluding hydrogens is 568 g/mol. The van der Waals surface area contributed by atoms with Crippen LogP contribution in [0.25, 0.3) is 10.8 Å². The van der Waals surface area contributed by atoms with Gasteiger partial charge in [0.2, 0.25) is 17.7 Å². The first kappa shape index (κ1) is 33.4. The second kappa shape index (κ2) is 15.4. The topological polar surface area (TPSA) is 108 Å². The quantitative estimate of drug-likeness (QED) is 0.300. The fourth-order valence-corrected chi connectivity index (χ4v) is 5.00. The van der Waals surface area contributed by atoms with Gasteiger partial charge in [0.15, 0.2) is 0 Å². The van der Waals surface area contributed by atoms with Crippen molar-refractivity contribution >= 4 is 46.2 Å². The number of nitrogens with zero attached hydrogens (tertiary/aromatic N) is 2. The Kier molecular flexibility index (Phi) is 11.9. The van der Waals surface area contributed by atoms with E-state index in [1.807, 2.05) is 72.8 Å². The van der Waals surface area contributed by atoms with Gasteiger partial charge in [-0.15, -0.1) is 11.6 Å². The number of amides is 4. The fourth-order valence-electron chi connectivity index (χ4n) is 4.84. The third-order valence-corrected chi connectivity index (χ3v) is 7.22. The Labute approximate surface area is 258 Å². The van der Waals surface area contributed by atoms with Gasteiger partial charge in [0.1, 0.15) is 23.6 Å². The number of ether oxygens (including phenoxy) is 1. The van der Waals surface area contributed by atoms with Crippen molar-refractivity contribution < 1.29 is 23.9 Å². The lowest BCUT2D eigenvalue weighted by Crippen LogP contribution is -2.57. The van der Waals surface area contributed by atoms with Gasteiger partial charge in [-0.25, -0.2) is 4.79 Å².